The predicted octanol–water partition coefficient (Wildman–Crippen LogP) is 1.51. The monoisotopic (exact) mass is 334 g/mol. The lowest BCUT2D eigenvalue weighted by Crippen LogP contribution is -2.39. The van der Waals surface area contributed by atoms with Gasteiger partial charge in [0.1, 0.15) is 11.0 Å². The van der Waals surface area contributed by atoms with Gasteiger partial charge in [0.05, 0.1) is 24.2 Å². The van der Waals surface area contributed by atoms with E-state index in [-0.39, 0.29) is 5.91 Å². The fourth-order valence-corrected chi connectivity index (χ4v) is 2.87. The van der Waals surface area contributed by atoms with E-state index in [0.29, 0.717) is 23.2 Å². The third-order valence-corrected chi connectivity index (χ3v) is 4.23. The van der Waals surface area contributed by atoms with Crippen molar-refractivity contribution in [2.45, 2.75) is 12.8 Å². The van der Waals surface area contributed by atoms with Crippen LogP contribution in [0.3, 0.4) is 0 Å². The molecule has 8 heteroatoms. The number of aryl methyl sites for hydroxylation is 1. The van der Waals surface area contributed by atoms with Crippen molar-refractivity contribution in [1.29, 1.82) is 0 Å². The number of amides is 1. The van der Waals surface area contributed by atoms with Crippen LogP contribution in [0.15, 0.2) is 24.8 Å². The van der Waals surface area contributed by atoms with Crippen LogP contribution in [0.1, 0.15) is 23.2 Å². The van der Waals surface area contributed by atoms with E-state index in [0.717, 1.165) is 31.7 Å². The maximum Gasteiger partial charge on any atom is 0.254 e. The van der Waals surface area contributed by atoms with E-state index in [4.69, 9.17) is 11.6 Å². The molecular weight excluding hydrogens is 316 g/mol. The summed E-state index contributed by atoms with van der Waals surface area (Å²) in [5.74, 6) is 1.22. The second-order valence-electron chi connectivity index (χ2n) is 5.74. The summed E-state index contributed by atoms with van der Waals surface area (Å²) in [6.45, 7) is 2.47. The van der Waals surface area contributed by atoms with Gasteiger partial charge in [0, 0.05) is 32.9 Å². The summed E-state index contributed by atoms with van der Waals surface area (Å²) >= 11 is 5.88. The molecule has 0 spiro atoms. The third-order valence-electron chi connectivity index (χ3n) is 4.05. The van der Waals surface area contributed by atoms with E-state index in [2.05, 4.69) is 25.3 Å². The summed E-state index contributed by atoms with van der Waals surface area (Å²) in [5.41, 5.74) is 0.596. The Bertz CT molecular complexity index is 680. The predicted molar refractivity (Wildman–Crippen MR) is 87.5 cm³/mol. The van der Waals surface area contributed by atoms with Crippen LogP contribution < -0.4 is 10.2 Å². The normalized spacial score (nSPS) is 15.7. The van der Waals surface area contributed by atoms with Gasteiger partial charge in [-0.15, -0.1) is 0 Å². The minimum Gasteiger partial charge on any atom is -0.355 e. The van der Waals surface area contributed by atoms with Crippen molar-refractivity contribution in [2.75, 3.05) is 24.5 Å². The third kappa shape index (κ3) is 3.98. The standard InChI is InChI=1S/C15H19ClN6O/c1-21-10-12(7-19-21)15(23)18-6-11-2-4-22(5-3-11)14-9-17-8-13(16)20-14/h7-11H,2-6H2,1H3,(H,18,23). The van der Waals surface area contributed by atoms with E-state index in [9.17, 15) is 4.79 Å². The molecule has 0 saturated carbocycles. The Balaban J connectivity index is 1.47. The molecule has 0 unspecified atom stereocenters. The van der Waals surface area contributed by atoms with Crippen LogP contribution in [0, 0.1) is 5.92 Å². The summed E-state index contributed by atoms with van der Waals surface area (Å²) in [6, 6.07) is 0. The number of piperidine rings is 1. The molecule has 1 fully saturated rings. The molecule has 2 aromatic heterocycles. The van der Waals surface area contributed by atoms with E-state index in [1.54, 1.807) is 30.3 Å². The first-order valence-electron chi connectivity index (χ1n) is 7.61. The van der Waals surface area contributed by atoms with Gasteiger partial charge < -0.3 is 10.2 Å². The molecule has 2 aromatic rings. The minimum atomic E-state index is -0.0683. The fourth-order valence-electron chi connectivity index (χ4n) is 2.73. The fraction of sp³-hybridized carbons (Fsp3) is 0.467. The molecule has 1 aliphatic heterocycles. The molecule has 1 aliphatic rings. The zero-order valence-electron chi connectivity index (χ0n) is 12.9. The van der Waals surface area contributed by atoms with Crippen LogP contribution in [-0.2, 0) is 7.05 Å². The van der Waals surface area contributed by atoms with Crippen molar-refractivity contribution in [3.05, 3.63) is 35.5 Å². The van der Waals surface area contributed by atoms with Crippen LogP contribution in [0.25, 0.3) is 0 Å². The van der Waals surface area contributed by atoms with Gasteiger partial charge >= 0.3 is 0 Å². The van der Waals surface area contributed by atoms with Crippen LogP contribution in [-0.4, -0.2) is 45.3 Å². The number of hydrogen-bond acceptors (Lipinski definition) is 5. The molecule has 0 aromatic carbocycles. The number of anilines is 1. The number of carbonyl (C=O) groups is 1. The van der Waals surface area contributed by atoms with Crippen molar-refractivity contribution in [3.63, 3.8) is 0 Å². The molecule has 1 N–H and O–H groups in total. The largest absolute Gasteiger partial charge is 0.355 e. The summed E-state index contributed by atoms with van der Waals surface area (Å²) in [5, 5.41) is 7.40. The van der Waals surface area contributed by atoms with Crippen molar-refractivity contribution >= 4 is 23.3 Å². The number of hydrogen-bond donors (Lipinski definition) is 1. The SMILES string of the molecule is Cn1cc(C(=O)NCC2CCN(c3cncc(Cl)n3)CC2)cn1. The van der Waals surface area contributed by atoms with Gasteiger partial charge in [-0.3, -0.25) is 14.5 Å². The number of carbonyl (C=O) groups excluding carboxylic acids is 1. The number of nitrogens with one attached hydrogen (secondary N) is 1. The summed E-state index contributed by atoms with van der Waals surface area (Å²) in [7, 11) is 1.80. The van der Waals surface area contributed by atoms with Gasteiger partial charge in [-0.2, -0.15) is 5.10 Å². The lowest BCUT2D eigenvalue weighted by molar-refractivity contribution is 0.0945. The molecular formula is C15H19ClN6O. The quantitative estimate of drug-likeness (QED) is 0.917. The van der Waals surface area contributed by atoms with Crippen molar-refractivity contribution in [3.8, 4) is 0 Å². The molecule has 23 heavy (non-hydrogen) atoms. The average Bonchev–Trinajstić information content (AvgIpc) is 3.00. The molecule has 3 heterocycles. The van der Waals surface area contributed by atoms with Gasteiger partial charge in [-0.05, 0) is 18.8 Å². The lowest BCUT2D eigenvalue weighted by Gasteiger charge is -2.32. The van der Waals surface area contributed by atoms with Crippen LogP contribution in [0.2, 0.25) is 5.15 Å². The molecule has 122 valence electrons. The lowest BCUT2D eigenvalue weighted by atomic mass is 9.97. The first-order chi connectivity index (χ1) is 11.1. The topological polar surface area (TPSA) is 75.9 Å². The highest BCUT2D eigenvalue weighted by atomic mass is 35.5. The van der Waals surface area contributed by atoms with E-state index in [1.165, 1.54) is 6.20 Å². The summed E-state index contributed by atoms with van der Waals surface area (Å²) in [6.07, 6.45) is 8.57. The van der Waals surface area contributed by atoms with Crippen molar-refractivity contribution in [1.82, 2.24) is 25.1 Å². The number of nitrogens with zero attached hydrogens (tertiary/aromatic N) is 5. The Hall–Kier alpha value is -2.15. The molecule has 1 saturated heterocycles. The highest BCUT2D eigenvalue weighted by Gasteiger charge is 2.21. The Labute approximate surface area is 139 Å². The molecule has 3 rings (SSSR count). The van der Waals surface area contributed by atoms with Gasteiger partial charge in [-0.25, -0.2) is 4.98 Å². The molecule has 0 radical (unpaired) electrons. The first-order valence-corrected chi connectivity index (χ1v) is 7.99. The van der Waals surface area contributed by atoms with Gasteiger partial charge in [-0.1, -0.05) is 11.6 Å². The Kier molecular flexibility index (Phi) is 4.76. The first kappa shape index (κ1) is 15.7. The van der Waals surface area contributed by atoms with Crippen molar-refractivity contribution < 1.29 is 4.79 Å². The van der Waals surface area contributed by atoms with Gasteiger partial charge in [0.15, 0.2) is 0 Å². The summed E-state index contributed by atoms with van der Waals surface area (Å²) in [4.78, 5) is 22.6. The number of aromatic nitrogens is 4. The number of halogens is 1. The van der Waals surface area contributed by atoms with Crippen LogP contribution >= 0.6 is 11.6 Å². The second kappa shape index (κ2) is 6.95. The van der Waals surface area contributed by atoms with Gasteiger partial charge in [0.2, 0.25) is 0 Å². The Morgan fingerprint density at radius 2 is 2.13 bits per heavy atom. The molecule has 7 nitrogen and oxygen atoms in total. The van der Waals surface area contributed by atoms with E-state index in [1.807, 2.05) is 0 Å². The molecule has 0 bridgehead atoms. The average molecular weight is 335 g/mol. The zero-order valence-corrected chi connectivity index (χ0v) is 13.7. The highest BCUT2D eigenvalue weighted by molar-refractivity contribution is 6.29. The maximum atomic E-state index is 12.0. The summed E-state index contributed by atoms with van der Waals surface area (Å²) < 4.78 is 1.62. The van der Waals surface area contributed by atoms with E-state index >= 15 is 0 Å². The highest BCUT2D eigenvalue weighted by Crippen LogP contribution is 2.21. The Morgan fingerprint density at radius 3 is 2.78 bits per heavy atom. The maximum absolute atomic E-state index is 12.0. The van der Waals surface area contributed by atoms with Gasteiger partial charge in [0.25, 0.3) is 5.91 Å². The zero-order chi connectivity index (χ0) is 16.2. The molecule has 1 amide bonds. The van der Waals surface area contributed by atoms with Crippen LogP contribution in [0.5, 0.6) is 0 Å². The van der Waals surface area contributed by atoms with E-state index < -0.39 is 0 Å². The van der Waals surface area contributed by atoms with Crippen LogP contribution in [0.4, 0.5) is 5.82 Å². The molecule has 0 aliphatic carbocycles. The Morgan fingerprint density at radius 1 is 1.35 bits per heavy atom. The van der Waals surface area contributed by atoms with Crippen molar-refractivity contribution in [2.24, 2.45) is 13.0 Å². The molecule has 0 atom stereocenters. The smallest absolute Gasteiger partial charge is 0.254 e. The second-order valence-corrected chi connectivity index (χ2v) is 6.13. The minimum absolute atomic E-state index is 0.0683. The number of rotatable bonds is 4.